The zero-order valence-corrected chi connectivity index (χ0v) is 35.6. The smallest absolute Gasteiger partial charge is 0.342 e. The van der Waals surface area contributed by atoms with Gasteiger partial charge in [0.05, 0.1) is 26.5 Å². The van der Waals surface area contributed by atoms with Crippen LogP contribution in [0.2, 0.25) is 0 Å². The zero-order valence-electron chi connectivity index (χ0n) is 27.0. The van der Waals surface area contributed by atoms with Crippen molar-refractivity contribution in [2.75, 3.05) is 32.8 Å². The molecule has 52 heavy (non-hydrogen) atoms. The van der Waals surface area contributed by atoms with Crippen molar-refractivity contribution in [1.82, 2.24) is 15.8 Å². The normalized spacial score (nSPS) is 23.0. The highest BCUT2D eigenvalue weighted by Gasteiger charge is 2.45. The van der Waals surface area contributed by atoms with Crippen molar-refractivity contribution in [2.24, 2.45) is 0 Å². The molecule has 2 aliphatic rings. The van der Waals surface area contributed by atoms with Crippen molar-refractivity contribution in [3.8, 4) is 23.0 Å². The highest BCUT2D eigenvalue weighted by Crippen LogP contribution is 2.37. The number of aliphatic hydroxyl groups excluding tert-OH is 4. The number of hydrogen-bond acceptors (Lipinski definition) is 14. The number of ether oxygens (including phenoxy) is 3. The summed E-state index contributed by atoms with van der Waals surface area (Å²) in [4.78, 5) is 26.8. The molecule has 4 aromatic rings. The summed E-state index contributed by atoms with van der Waals surface area (Å²) in [6, 6.07) is 12.6. The lowest BCUT2D eigenvalue weighted by molar-refractivity contribution is -0.232. The Hall–Kier alpha value is -1.46. The van der Waals surface area contributed by atoms with Crippen LogP contribution in [0.3, 0.4) is 0 Å². The van der Waals surface area contributed by atoms with Gasteiger partial charge < -0.3 is 49.5 Å². The number of aromatic hydroxyl groups is 1. The van der Waals surface area contributed by atoms with Gasteiger partial charge in [0.1, 0.15) is 59.4 Å². The van der Waals surface area contributed by atoms with Gasteiger partial charge in [0.25, 0.3) is 0 Å². The van der Waals surface area contributed by atoms with E-state index in [1.807, 2.05) is 17.1 Å². The minimum absolute atomic E-state index is 0.105. The third-order valence-corrected chi connectivity index (χ3v) is 11.8. The molecule has 2 saturated heterocycles. The van der Waals surface area contributed by atoms with Gasteiger partial charge in [-0.3, -0.25) is 0 Å². The van der Waals surface area contributed by atoms with Crippen molar-refractivity contribution in [3.63, 3.8) is 0 Å². The minimum Gasteiger partial charge on any atom is -0.506 e. The van der Waals surface area contributed by atoms with Crippen molar-refractivity contribution in [1.29, 1.82) is 0 Å². The zero-order chi connectivity index (χ0) is 37.3. The Kier molecular flexibility index (Phi) is 13.6. The average Bonchev–Trinajstić information content (AvgIpc) is 3.11. The molecule has 0 saturated carbocycles. The molecule has 6 atom stereocenters. The maximum absolute atomic E-state index is 13.8. The van der Waals surface area contributed by atoms with Gasteiger partial charge in [-0.1, -0.05) is 0 Å². The number of carbonyl (C=O) groups is 1. The number of rotatable bonds is 10. The third-order valence-electron chi connectivity index (χ3n) is 8.60. The molecular weight excluding hydrogens is 1130 g/mol. The Labute approximate surface area is 351 Å². The summed E-state index contributed by atoms with van der Waals surface area (Å²) in [5.74, 6) is 1.03. The SMILES string of the molecule is O=C(Oc1ccc2cc([C@@H]3O[C@H](CO)[C@H](O)[C@H](O)[C@H]3O)c(=O)oc2c1)[C@H](Cc1cc(I)c(Oc2cc(I)c(O)c(I)c2)c(I)c1)NN1CCNCC1. The molecule has 0 amide bonds. The van der Waals surface area contributed by atoms with Gasteiger partial charge in [-0.2, -0.15) is 0 Å². The molecule has 3 heterocycles. The fourth-order valence-electron chi connectivity index (χ4n) is 5.89. The first-order valence-corrected chi connectivity index (χ1v) is 20.3. The van der Waals surface area contributed by atoms with E-state index >= 15 is 0 Å². The number of phenols is 1. The second-order valence-corrected chi connectivity index (χ2v) is 16.9. The van der Waals surface area contributed by atoms with E-state index in [2.05, 4.69) is 101 Å². The molecule has 7 N–H and O–H groups in total. The van der Waals surface area contributed by atoms with Crippen LogP contribution in [0.1, 0.15) is 17.2 Å². The molecule has 0 bridgehead atoms. The number of carbonyl (C=O) groups excluding carboxylic acids is 1. The molecule has 0 aliphatic carbocycles. The number of hydrogen-bond donors (Lipinski definition) is 7. The molecule has 2 fully saturated rings. The second kappa shape index (κ2) is 17.6. The van der Waals surface area contributed by atoms with Gasteiger partial charge >= 0.3 is 11.6 Å². The Morgan fingerprint density at radius 2 is 1.60 bits per heavy atom. The molecule has 3 aromatic carbocycles. The highest BCUT2D eigenvalue weighted by atomic mass is 127. The van der Waals surface area contributed by atoms with Crippen molar-refractivity contribution < 1.29 is 49.0 Å². The van der Waals surface area contributed by atoms with Crippen LogP contribution in [0.5, 0.6) is 23.0 Å². The molecule has 0 spiro atoms. The lowest BCUT2D eigenvalue weighted by Gasteiger charge is -2.39. The van der Waals surface area contributed by atoms with Gasteiger partial charge in [0, 0.05) is 37.6 Å². The summed E-state index contributed by atoms with van der Waals surface area (Å²) in [5.41, 5.74) is 3.33. The van der Waals surface area contributed by atoms with Gasteiger partial charge in [-0.15, -0.1) is 0 Å². The number of nitrogens with zero attached hydrogens (tertiary/aromatic N) is 1. The fourth-order valence-corrected chi connectivity index (χ4v) is 9.72. The molecular formula is C34H33I4N3O11. The molecule has 0 radical (unpaired) electrons. The van der Waals surface area contributed by atoms with E-state index < -0.39 is 54.8 Å². The van der Waals surface area contributed by atoms with Gasteiger partial charge in [-0.05, 0) is 145 Å². The number of hydrazine groups is 1. The number of phenolic OH excluding ortho intramolecular Hbond substituents is 1. The summed E-state index contributed by atoms with van der Waals surface area (Å²) in [5, 5.41) is 56.3. The predicted octanol–water partition coefficient (Wildman–Crippen LogP) is 3.15. The van der Waals surface area contributed by atoms with Crippen LogP contribution in [0.4, 0.5) is 0 Å². The largest absolute Gasteiger partial charge is 0.506 e. The monoisotopic (exact) mass is 1170 g/mol. The first-order chi connectivity index (χ1) is 24.8. The number of esters is 1. The molecule has 1 aromatic heterocycles. The first kappa shape index (κ1) is 40.2. The standard InChI is InChI=1S/C34H33I4N3O11/c35-20-11-18(12-21(36)27(20)43)49-32-22(37)7-15(8-23(32)38)9-24(40-41-5-3-39-4-6-41)34(48)50-17-2-1-16-10-19(33(47)52-25(16)13-17)31-30(46)29(45)28(44)26(14-42)51-31/h1-2,7-8,10-13,24,26,28-31,39-40,42-46H,3-6,9,14H2/t24-,26+,28-,29-,30+,31-/m0/s1. The number of halogens is 4. The van der Waals surface area contributed by atoms with Gasteiger partial charge in [0.2, 0.25) is 0 Å². The van der Waals surface area contributed by atoms with Crippen LogP contribution in [0, 0.1) is 14.3 Å². The first-order valence-electron chi connectivity index (χ1n) is 16.0. The van der Waals surface area contributed by atoms with E-state index in [1.165, 1.54) is 12.1 Å². The number of fused-ring (bicyclic) bond motifs is 1. The van der Waals surface area contributed by atoms with Crippen LogP contribution in [-0.2, 0) is 16.0 Å². The average molecular weight is 1170 g/mol. The minimum atomic E-state index is -1.66. The molecule has 6 rings (SSSR count). The Balaban J connectivity index is 1.22. The van der Waals surface area contributed by atoms with Crippen LogP contribution in [-0.4, -0.2) is 99.8 Å². The predicted molar refractivity (Wildman–Crippen MR) is 221 cm³/mol. The molecule has 278 valence electrons. The summed E-state index contributed by atoms with van der Waals surface area (Å²) < 4.78 is 26.2. The van der Waals surface area contributed by atoms with Crippen LogP contribution in [0.25, 0.3) is 11.0 Å². The van der Waals surface area contributed by atoms with Gasteiger partial charge in [0.15, 0.2) is 5.75 Å². The Bertz CT molecular complexity index is 1960. The van der Waals surface area contributed by atoms with Crippen LogP contribution < -0.4 is 25.8 Å². The van der Waals surface area contributed by atoms with Crippen molar-refractivity contribution in [2.45, 2.75) is 43.0 Å². The maximum atomic E-state index is 13.8. The van der Waals surface area contributed by atoms with E-state index in [-0.39, 0.29) is 29.1 Å². The maximum Gasteiger partial charge on any atom is 0.342 e. The van der Waals surface area contributed by atoms with Gasteiger partial charge in [-0.25, -0.2) is 20.0 Å². The van der Waals surface area contributed by atoms with Crippen molar-refractivity contribution in [3.05, 3.63) is 84.4 Å². The van der Waals surface area contributed by atoms with E-state index in [4.69, 9.17) is 18.6 Å². The summed E-state index contributed by atoms with van der Waals surface area (Å²) in [7, 11) is 0. The Morgan fingerprint density at radius 3 is 2.25 bits per heavy atom. The number of piperazine rings is 1. The number of benzene rings is 3. The quantitative estimate of drug-likeness (QED) is 0.0529. The highest BCUT2D eigenvalue weighted by molar-refractivity contribution is 14.1. The lowest BCUT2D eigenvalue weighted by Crippen LogP contribution is -2.56. The summed E-state index contributed by atoms with van der Waals surface area (Å²) >= 11 is 8.52. The summed E-state index contributed by atoms with van der Waals surface area (Å²) in [6.07, 6.45) is -7.16. The molecule has 18 heteroatoms. The molecule has 14 nitrogen and oxygen atoms in total. The van der Waals surface area contributed by atoms with E-state index in [0.29, 0.717) is 37.1 Å². The van der Waals surface area contributed by atoms with Crippen LogP contribution in [0.15, 0.2) is 57.7 Å². The Morgan fingerprint density at radius 1 is 0.923 bits per heavy atom. The van der Waals surface area contributed by atoms with Crippen molar-refractivity contribution >= 4 is 107 Å². The second-order valence-electron chi connectivity index (χ2n) is 12.2. The number of nitrogens with one attached hydrogen (secondary N) is 2. The van der Waals surface area contributed by atoms with E-state index in [1.54, 1.807) is 24.3 Å². The lowest BCUT2D eigenvalue weighted by atomic mass is 9.91. The topological polar surface area (TPSA) is 203 Å². The number of aliphatic hydroxyl groups is 4. The van der Waals surface area contributed by atoms with Crippen LogP contribution >= 0.6 is 90.4 Å². The third kappa shape index (κ3) is 9.14. The van der Waals surface area contributed by atoms with E-state index in [9.17, 15) is 35.1 Å². The fraction of sp³-hybridized carbons (Fsp3) is 0.353. The van der Waals surface area contributed by atoms with E-state index in [0.717, 1.165) is 25.8 Å². The summed E-state index contributed by atoms with van der Waals surface area (Å²) in [6.45, 7) is 2.21. The molecule has 0 unspecified atom stereocenters. The molecule has 2 aliphatic heterocycles.